The van der Waals surface area contributed by atoms with Crippen molar-refractivity contribution >= 4 is 22.3 Å². The van der Waals surface area contributed by atoms with Gasteiger partial charge in [-0.2, -0.15) is 0 Å². The van der Waals surface area contributed by atoms with Gasteiger partial charge in [0.05, 0.1) is 22.6 Å². The summed E-state index contributed by atoms with van der Waals surface area (Å²) in [5.74, 6) is 0. The normalized spacial score (nSPS) is 23.3. The summed E-state index contributed by atoms with van der Waals surface area (Å²) in [6, 6.07) is 9.73. The Kier molecular flexibility index (Phi) is 4.76. The fourth-order valence-corrected chi connectivity index (χ4v) is 5.78. The van der Waals surface area contributed by atoms with Gasteiger partial charge >= 0.3 is 5.63 Å². The van der Waals surface area contributed by atoms with Gasteiger partial charge in [-0.15, -0.1) is 0 Å². The summed E-state index contributed by atoms with van der Waals surface area (Å²) in [4.78, 5) is 24.6. The van der Waals surface area contributed by atoms with E-state index in [-0.39, 0.29) is 5.63 Å². The molecule has 2 bridgehead atoms. The van der Waals surface area contributed by atoms with Crippen molar-refractivity contribution in [1.29, 1.82) is 0 Å². The van der Waals surface area contributed by atoms with Crippen LogP contribution in [0.5, 0.6) is 0 Å². The van der Waals surface area contributed by atoms with Crippen LogP contribution in [0.25, 0.3) is 27.9 Å². The molecule has 6 rings (SSSR count). The van der Waals surface area contributed by atoms with Crippen molar-refractivity contribution in [3.8, 4) is 11.3 Å². The van der Waals surface area contributed by atoms with Crippen LogP contribution in [0.2, 0.25) is 0 Å². The van der Waals surface area contributed by atoms with E-state index in [0.29, 0.717) is 35.0 Å². The molecule has 2 atom stereocenters. The molecule has 2 fully saturated rings. The number of benzene rings is 1. The molecule has 7 heteroatoms. The average molecular weight is 444 g/mol. The number of imidazole rings is 1. The fraction of sp³-hybridized carbons (Fsp3) is 0.423. The third kappa shape index (κ3) is 3.60. The van der Waals surface area contributed by atoms with E-state index >= 15 is 0 Å². The van der Waals surface area contributed by atoms with Gasteiger partial charge in [-0.25, -0.2) is 9.78 Å². The standard InChI is InChI=1S/C26H29N5O2/c1-15-13-31-14-23(29-25(31)16(2)27-15)22-9-17-7-8-18(12-24(17)33-26(22)32)28-19-10-20-5-4-6-21(11-19)30(20)3/h7-9,12-14,19-21,28H,4-6,10-11H2,1-3H3. The Morgan fingerprint density at radius 2 is 1.85 bits per heavy atom. The summed E-state index contributed by atoms with van der Waals surface area (Å²) < 4.78 is 7.67. The Balaban J connectivity index is 1.30. The topological polar surface area (TPSA) is 75.7 Å². The highest BCUT2D eigenvalue weighted by molar-refractivity contribution is 5.84. The second-order valence-electron chi connectivity index (χ2n) is 9.74. The van der Waals surface area contributed by atoms with Gasteiger partial charge in [0.15, 0.2) is 5.65 Å². The molecule has 2 saturated heterocycles. The molecular weight excluding hydrogens is 414 g/mol. The maximum Gasteiger partial charge on any atom is 0.345 e. The lowest BCUT2D eigenvalue weighted by Crippen LogP contribution is -2.52. The third-order valence-corrected chi connectivity index (χ3v) is 7.45. The van der Waals surface area contributed by atoms with Crippen molar-refractivity contribution < 1.29 is 4.42 Å². The Morgan fingerprint density at radius 3 is 2.64 bits per heavy atom. The number of fused-ring (bicyclic) bond motifs is 4. The van der Waals surface area contributed by atoms with E-state index in [0.717, 1.165) is 41.0 Å². The van der Waals surface area contributed by atoms with Gasteiger partial charge in [-0.1, -0.05) is 6.42 Å². The number of hydrogen-bond donors (Lipinski definition) is 1. The van der Waals surface area contributed by atoms with Gasteiger partial charge < -0.3 is 19.0 Å². The van der Waals surface area contributed by atoms with E-state index < -0.39 is 0 Å². The molecule has 0 saturated carbocycles. The molecule has 33 heavy (non-hydrogen) atoms. The largest absolute Gasteiger partial charge is 0.422 e. The zero-order valence-electron chi connectivity index (χ0n) is 19.3. The van der Waals surface area contributed by atoms with Crippen LogP contribution in [0, 0.1) is 13.8 Å². The van der Waals surface area contributed by atoms with E-state index in [1.54, 1.807) is 0 Å². The lowest BCUT2D eigenvalue weighted by Gasteiger charge is -2.47. The number of rotatable bonds is 3. The van der Waals surface area contributed by atoms with Crippen LogP contribution < -0.4 is 10.9 Å². The van der Waals surface area contributed by atoms with E-state index in [1.165, 1.54) is 19.3 Å². The minimum absolute atomic E-state index is 0.376. The number of nitrogens with one attached hydrogen (secondary N) is 1. The summed E-state index contributed by atoms with van der Waals surface area (Å²) in [6.45, 7) is 3.87. The Hall–Kier alpha value is -3.19. The molecule has 2 aliphatic rings. The first-order chi connectivity index (χ1) is 15.9. The van der Waals surface area contributed by atoms with E-state index in [4.69, 9.17) is 4.42 Å². The quantitative estimate of drug-likeness (QED) is 0.468. The maximum absolute atomic E-state index is 12.9. The van der Waals surface area contributed by atoms with Crippen LogP contribution >= 0.6 is 0 Å². The van der Waals surface area contributed by atoms with Crippen molar-refractivity contribution in [2.45, 2.75) is 64.1 Å². The molecule has 0 aliphatic carbocycles. The van der Waals surface area contributed by atoms with Crippen LogP contribution in [-0.2, 0) is 0 Å². The van der Waals surface area contributed by atoms with Gasteiger partial charge in [-0.3, -0.25) is 4.98 Å². The van der Waals surface area contributed by atoms with Crippen LogP contribution in [0.3, 0.4) is 0 Å². The number of nitrogens with zero attached hydrogens (tertiary/aromatic N) is 4. The number of hydrogen-bond acceptors (Lipinski definition) is 6. The molecule has 0 radical (unpaired) electrons. The summed E-state index contributed by atoms with van der Waals surface area (Å²) >= 11 is 0. The summed E-state index contributed by atoms with van der Waals surface area (Å²) in [5, 5.41) is 4.59. The molecule has 1 aromatic carbocycles. The van der Waals surface area contributed by atoms with Gasteiger partial charge in [0.2, 0.25) is 0 Å². The molecule has 4 aromatic rings. The Labute approximate surface area is 192 Å². The van der Waals surface area contributed by atoms with Crippen LogP contribution in [-0.4, -0.2) is 44.4 Å². The first kappa shape index (κ1) is 20.4. The van der Waals surface area contributed by atoms with Crippen LogP contribution in [0.4, 0.5) is 5.69 Å². The predicted octanol–water partition coefficient (Wildman–Crippen LogP) is 4.55. The van der Waals surface area contributed by atoms with Gasteiger partial charge in [-0.05, 0) is 64.8 Å². The number of aryl methyl sites for hydroxylation is 2. The molecule has 0 amide bonds. The summed E-state index contributed by atoms with van der Waals surface area (Å²) in [6.07, 6.45) is 10.0. The van der Waals surface area contributed by atoms with Crippen molar-refractivity contribution in [3.63, 3.8) is 0 Å². The average Bonchev–Trinajstić information content (AvgIpc) is 3.18. The molecule has 5 heterocycles. The molecule has 1 N–H and O–H groups in total. The van der Waals surface area contributed by atoms with E-state index in [9.17, 15) is 4.79 Å². The van der Waals surface area contributed by atoms with Crippen molar-refractivity contribution in [2.24, 2.45) is 0 Å². The monoisotopic (exact) mass is 443 g/mol. The smallest absolute Gasteiger partial charge is 0.345 e. The lowest BCUT2D eigenvalue weighted by atomic mass is 9.82. The second kappa shape index (κ2) is 7.70. The third-order valence-electron chi connectivity index (χ3n) is 7.45. The molecule has 0 spiro atoms. The first-order valence-corrected chi connectivity index (χ1v) is 11.8. The van der Waals surface area contributed by atoms with Crippen LogP contribution in [0.15, 0.2) is 45.9 Å². The van der Waals surface area contributed by atoms with E-state index in [2.05, 4.69) is 33.3 Å². The van der Waals surface area contributed by atoms with Crippen molar-refractivity contribution in [3.05, 3.63) is 58.5 Å². The minimum Gasteiger partial charge on any atom is -0.422 e. The number of anilines is 1. The summed E-state index contributed by atoms with van der Waals surface area (Å²) in [5.41, 5.74) is 4.78. The van der Waals surface area contributed by atoms with Gasteiger partial charge in [0.1, 0.15) is 5.58 Å². The highest BCUT2D eigenvalue weighted by atomic mass is 16.4. The van der Waals surface area contributed by atoms with Crippen LogP contribution in [0.1, 0.15) is 43.5 Å². The predicted molar refractivity (Wildman–Crippen MR) is 130 cm³/mol. The molecular formula is C26H29N5O2. The van der Waals surface area contributed by atoms with Crippen molar-refractivity contribution in [1.82, 2.24) is 19.3 Å². The van der Waals surface area contributed by atoms with Gasteiger partial charge in [0, 0.05) is 47.7 Å². The Morgan fingerprint density at radius 1 is 1.06 bits per heavy atom. The highest BCUT2D eigenvalue weighted by Crippen LogP contribution is 2.34. The number of aromatic nitrogens is 3. The molecule has 2 unspecified atom stereocenters. The first-order valence-electron chi connectivity index (χ1n) is 11.8. The lowest BCUT2D eigenvalue weighted by molar-refractivity contribution is 0.0608. The second-order valence-corrected chi connectivity index (χ2v) is 9.74. The molecule has 2 aliphatic heterocycles. The minimum atomic E-state index is -0.376. The summed E-state index contributed by atoms with van der Waals surface area (Å²) in [7, 11) is 2.27. The number of piperidine rings is 2. The maximum atomic E-state index is 12.9. The zero-order chi connectivity index (χ0) is 22.7. The molecule has 170 valence electrons. The SMILES string of the molecule is Cc1cn2cc(-c3cc4ccc(NC5CC6CCCC(C5)N6C)cc4oc3=O)nc2c(C)n1. The zero-order valence-corrected chi connectivity index (χ0v) is 19.3. The highest BCUT2D eigenvalue weighted by Gasteiger charge is 2.35. The molecule has 7 nitrogen and oxygen atoms in total. The van der Waals surface area contributed by atoms with Gasteiger partial charge in [0.25, 0.3) is 0 Å². The van der Waals surface area contributed by atoms with E-state index in [1.807, 2.05) is 48.8 Å². The Bertz CT molecular complexity index is 1410. The fourth-order valence-electron chi connectivity index (χ4n) is 5.78. The van der Waals surface area contributed by atoms with Crippen molar-refractivity contribution in [2.75, 3.05) is 12.4 Å². The molecule has 3 aromatic heterocycles.